The van der Waals surface area contributed by atoms with Crippen molar-refractivity contribution in [2.75, 3.05) is 23.4 Å². The van der Waals surface area contributed by atoms with Crippen LogP contribution >= 0.6 is 23.1 Å². The van der Waals surface area contributed by atoms with E-state index >= 15 is 0 Å². The number of carbonyl (C=O) groups is 2. The Labute approximate surface area is 228 Å². The van der Waals surface area contributed by atoms with Crippen molar-refractivity contribution in [3.8, 4) is 27.8 Å². The molecule has 0 aliphatic carbocycles. The molecule has 0 bridgehead atoms. The Morgan fingerprint density at radius 2 is 1.97 bits per heavy atom. The molecule has 1 aromatic carbocycles. The maximum Gasteiger partial charge on any atom is 0.227 e. The summed E-state index contributed by atoms with van der Waals surface area (Å²) in [4.78, 5) is 37.4. The zero-order chi connectivity index (χ0) is 26.9. The average molecular weight is 544 g/mol. The van der Waals surface area contributed by atoms with Crippen molar-refractivity contribution in [1.82, 2.24) is 20.3 Å². The highest BCUT2D eigenvalue weighted by Gasteiger charge is 2.22. The molecule has 0 saturated carbocycles. The van der Waals surface area contributed by atoms with Crippen LogP contribution in [0, 0.1) is 11.3 Å². The van der Waals surface area contributed by atoms with Gasteiger partial charge in [0.15, 0.2) is 0 Å². The number of hydrogen-bond acceptors (Lipinski definition) is 9. The molecule has 3 N–H and O–H groups in total. The van der Waals surface area contributed by atoms with Crippen LogP contribution in [0.2, 0.25) is 0 Å². The number of aromatic nitrogens is 3. The third-order valence-electron chi connectivity index (χ3n) is 5.37. The van der Waals surface area contributed by atoms with Crippen LogP contribution in [-0.2, 0) is 9.59 Å². The molecule has 0 aliphatic rings. The molecule has 0 radical (unpaired) electrons. The summed E-state index contributed by atoms with van der Waals surface area (Å²) in [6.07, 6.45) is 7.92. The molecule has 0 atom stereocenters. The maximum absolute atomic E-state index is 12.3. The fourth-order valence-corrected chi connectivity index (χ4v) is 5.62. The van der Waals surface area contributed by atoms with Gasteiger partial charge in [-0.05, 0) is 43.0 Å². The molecular formula is C27H25N7O2S2. The predicted octanol–water partition coefficient (Wildman–Crippen LogP) is 5.46. The van der Waals surface area contributed by atoms with Crippen LogP contribution in [0.5, 0.6) is 0 Å². The summed E-state index contributed by atoms with van der Waals surface area (Å²) in [6.45, 7) is 1.90. The lowest BCUT2D eigenvalue weighted by Gasteiger charge is -2.10. The molecule has 4 aromatic rings. The zero-order valence-corrected chi connectivity index (χ0v) is 22.4. The summed E-state index contributed by atoms with van der Waals surface area (Å²) < 4.78 is 0.912. The van der Waals surface area contributed by atoms with Crippen LogP contribution in [0.15, 0.2) is 65.3 Å². The fourth-order valence-electron chi connectivity index (χ4n) is 3.71. The van der Waals surface area contributed by atoms with Gasteiger partial charge in [-0.3, -0.25) is 14.6 Å². The molecular weight excluding hydrogens is 518 g/mol. The Morgan fingerprint density at radius 3 is 2.71 bits per heavy atom. The Balaban J connectivity index is 1.54. The molecule has 3 aromatic heterocycles. The minimum Gasteiger partial charge on any atom is -0.356 e. The number of nitriles is 1. The van der Waals surface area contributed by atoms with Gasteiger partial charge in [-0.2, -0.15) is 5.26 Å². The van der Waals surface area contributed by atoms with Gasteiger partial charge in [-0.25, -0.2) is 9.97 Å². The molecule has 4 rings (SSSR count). The minimum atomic E-state index is -0.135. The van der Waals surface area contributed by atoms with E-state index in [1.807, 2.05) is 36.6 Å². The van der Waals surface area contributed by atoms with Crippen molar-refractivity contribution >= 4 is 52.2 Å². The standard InChI is InChI=1S/C27H25N7O2S2/c1-17(35)30-12-5-9-23(36)32-19-7-3-8-20(14-19)33-27-31-13-10-22(34-27)25-24(18-6-4-11-29-16-18)21(15-28)26(37-2)38-25/h3-4,6-8,10-11,13-14,16H,5,9,12H2,1-2H3,(H,30,35)(H,32,36)(H,31,33,34). The van der Waals surface area contributed by atoms with Crippen LogP contribution < -0.4 is 16.0 Å². The Hall–Kier alpha value is -4.27. The van der Waals surface area contributed by atoms with E-state index in [9.17, 15) is 14.9 Å². The molecule has 0 aliphatic heterocycles. The Bertz CT molecular complexity index is 1480. The highest BCUT2D eigenvalue weighted by atomic mass is 32.2. The second-order valence-electron chi connectivity index (χ2n) is 8.13. The van der Waals surface area contributed by atoms with Gasteiger partial charge in [-0.15, -0.1) is 23.1 Å². The molecule has 0 fully saturated rings. The molecule has 3 heterocycles. The summed E-state index contributed by atoms with van der Waals surface area (Å²) in [5, 5.41) is 18.7. The van der Waals surface area contributed by atoms with Crippen molar-refractivity contribution in [2.24, 2.45) is 0 Å². The maximum atomic E-state index is 12.3. The molecule has 0 saturated heterocycles. The molecule has 11 heteroatoms. The number of nitrogens with zero attached hydrogens (tertiary/aromatic N) is 4. The third-order valence-corrected chi connectivity index (χ3v) is 7.70. The summed E-state index contributed by atoms with van der Waals surface area (Å²) in [6, 6.07) is 15.2. The van der Waals surface area contributed by atoms with Crippen LogP contribution in [0.1, 0.15) is 25.3 Å². The van der Waals surface area contributed by atoms with E-state index in [0.717, 1.165) is 20.2 Å². The van der Waals surface area contributed by atoms with Gasteiger partial charge in [0.2, 0.25) is 17.8 Å². The summed E-state index contributed by atoms with van der Waals surface area (Å²) in [5.74, 6) is 0.137. The lowest BCUT2D eigenvalue weighted by atomic mass is 10.0. The number of nitrogens with one attached hydrogen (secondary N) is 3. The number of pyridine rings is 1. The number of hydrogen-bond donors (Lipinski definition) is 3. The van der Waals surface area contributed by atoms with E-state index in [1.54, 1.807) is 30.7 Å². The first-order valence-corrected chi connectivity index (χ1v) is 13.8. The largest absolute Gasteiger partial charge is 0.356 e. The zero-order valence-electron chi connectivity index (χ0n) is 20.8. The van der Waals surface area contributed by atoms with E-state index in [4.69, 9.17) is 4.98 Å². The first kappa shape index (κ1) is 26.8. The van der Waals surface area contributed by atoms with E-state index in [-0.39, 0.29) is 11.8 Å². The molecule has 192 valence electrons. The van der Waals surface area contributed by atoms with Gasteiger partial charge in [0.25, 0.3) is 0 Å². The third kappa shape index (κ3) is 6.73. The van der Waals surface area contributed by atoms with Crippen LogP contribution in [0.3, 0.4) is 0 Å². The topological polar surface area (TPSA) is 133 Å². The van der Waals surface area contributed by atoms with Crippen LogP contribution in [0.25, 0.3) is 21.7 Å². The fraction of sp³-hybridized carbons (Fsp3) is 0.185. The quantitative estimate of drug-likeness (QED) is 0.177. The number of thioether (sulfide) groups is 1. The molecule has 38 heavy (non-hydrogen) atoms. The van der Waals surface area contributed by atoms with Crippen molar-refractivity contribution in [1.29, 1.82) is 5.26 Å². The first-order chi connectivity index (χ1) is 18.5. The second-order valence-corrected chi connectivity index (χ2v) is 10.2. The van der Waals surface area contributed by atoms with Gasteiger partial charge in [0, 0.05) is 61.0 Å². The number of thiophene rings is 1. The number of rotatable bonds is 10. The van der Waals surface area contributed by atoms with Gasteiger partial charge >= 0.3 is 0 Å². The highest BCUT2D eigenvalue weighted by molar-refractivity contribution is 8.00. The smallest absolute Gasteiger partial charge is 0.227 e. The lowest BCUT2D eigenvalue weighted by Crippen LogP contribution is -2.22. The van der Waals surface area contributed by atoms with Gasteiger partial charge < -0.3 is 16.0 Å². The second kappa shape index (κ2) is 12.8. The molecule has 2 amide bonds. The molecule has 9 nitrogen and oxygen atoms in total. The summed E-state index contributed by atoms with van der Waals surface area (Å²) in [7, 11) is 0. The summed E-state index contributed by atoms with van der Waals surface area (Å²) >= 11 is 3.04. The van der Waals surface area contributed by atoms with Crippen LogP contribution in [-0.4, -0.2) is 39.6 Å². The number of carbonyl (C=O) groups excluding carboxylic acids is 2. The van der Waals surface area contributed by atoms with Gasteiger partial charge in [-0.1, -0.05) is 12.1 Å². The van der Waals surface area contributed by atoms with E-state index in [2.05, 4.69) is 32.0 Å². The minimum absolute atomic E-state index is 0.113. The predicted molar refractivity (Wildman–Crippen MR) is 151 cm³/mol. The van der Waals surface area contributed by atoms with Gasteiger partial charge in [0.05, 0.1) is 20.3 Å². The number of benzene rings is 1. The van der Waals surface area contributed by atoms with Crippen molar-refractivity contribution < 1.29 is 9.59 Å². The summed E-state index contributed by atoms with van der Waals surface area (Å²) in [5.41, 5.74) is 4.30. The van der Waals surface area contributed by atoms with Gasteiger partial charge in [0.1, 0.15) is 6.07 Å². The lowest BCUT2D eigenvalue weighted by molar-refractivity contribution is -0.119. The van der Waals surface area contributed by atoms with Crippen molar-refractivity contribution in [3.63, 3.8) is 0 Å². The average Bonchev–Trinajstić information content (AvgIpc) is 3.31. The van der Waals surface area contributed by atoms with E-state index < -0.39 is 0 Å². The number of amides is 2. The SMILES string of the molecule is CSc1sc(-c2ccnc(Nc3cccc(NC(=O)CCCNC(C)=O)c3)n2)c(-c2cccnc2)c1C#N. The Morgan fingerprint density at radius 1 is 1.13 bits per heavy atom. The van der Waals surface area contributed by atoms with Crippen LogP contribution in [0.4, 0.5) is 17.3 Å². The normalized spacial score (nSPS) is 10.4. The Kier molecular flexibility index (Phi) is 9.02. The van der Waals surface area contributed by atoms with E-state index in [0.29, 0.717) is 48.0 Å². The van der Waals surface area contributed by atoms with Crippen molar-refractivity contribution in [3.05, 3.63) is 66.6 Å². The van der Waals surface area contributed by atoms with Crippen molar-refractivity contribution in [2.45, 2.75) is 24.0 Å². The first-order valence-electron chi connectivity index (χ1n) is 11.7. The monoisotopic (exact) mass is 543 g/mol. The number of anilines is 3. The van der Waals surface area contributed by atoms with E-state index in [1.165, 1.54) is 30.0 Å². The highest BCUT2D eigenvalue weighted by Crippen LogP contribution is 2.45. The molecule has 0 unspecified atom stereocenters. The molecule has 0 spiro atoms.